The molecule has 1 aliphatic rings. The lowest BCUT2D eigenvalue weighted by Gasteiger charge is -2.27. The van der Waals surface area contributed by atoms with Gasteiger partial charge in [-0.25, -0.2) is 17.5 Å². The van der Waals surface area contributed by atoms with Crippen LogP contribution in [-0.2, 0) is 15.4 Å². The minimum absolute atomic E-state index is 0. The first-order chi connectivity index (χ1) is 11.6. The summed E-state index contributed by atoms with van der Waals surface area (Å²) >= 11 is 0. The Morgan fingerprint density at radius 2 is 1.88 bits per heavy atom. The van der Waals surface area contributed by atoms with Crippen LogP contribution in [0.1, 0.15) is 32.3 Å². The quantitative estimate of drug-likeness (QED) is 0.305. The van der Waals surface area contributed by atoms with Crippen LogP contribution in [-0.4, -0.2) is 46.3 Å². The predicted molar refractivity (Wildman–Crippen MR) is 114 cm³/mol. The molecule has 9 heteroatoms. The number of nitrogens with zero attached hydrogens (tertiary/aromatic N) is 1. The van der Waals surface area contributed by atoms with Crippen LogP contribution in [0.25, 0.3) is 0 Å². The maximum Gasteiger partial charge on any atom is 0.209 e. The van der Waals surface area contributed by atoms with Gasteiger partial charge in [0.05, 0.1) is 6.26 Å². The zero-order chi connectivity index (χ0) is 18.7. The molecule has 26 heavy (non-hydrogen) atoms. The Morgan fingerprint density at radius 3 is 2.38 bits per heavy atom. The molecule has 0 amide bonds. The molecule has 3 N–H and O–H groups in total. The number of hydrogen-bond acceptors (Lipinski definition) is 3. The number of nitrogens with one attached hydrogen (secondary N) is 3. The summed E-state index contributed by atoms with van der Waals surface area (Å²) in [6.07, 6.45) is 2.99. The number of aliphatic imine (C=N–C) groups is 1. The number of sulfonamides is 1. The van der Waals surface area contributed by atoms with Crippen molar-refractivity contribution in [3.8, 4) is 0 Å². The largest absolute Gasteiger partial charge is 0.356 e. The number of benzene rings is 1. The van der Waals surface area contributed by atoms with Gasteiger partial charge in [0.1, 0.15) is 5.82 Å². The summed E-state index contributed by atoms with van der Waals surface area (Å²) in [7, 11) is -1.65. The first-order valence-corrected chi connectivity index (χ1v) is 10.1. The van der Waals surface area contributed by atoms with Crippen molar-refractivity contribution in [3.05, 3.63) is 35.6 Å². The fourth-order valence-corrected chi connectivity index (χ4v) is 3.98. The fourth-order valence-electron chi connectivity index (χ4n) is 2.90. The SMILES string of the molecule is CN=C(NCC(C)(C)NS(C)(=O)=O)NCC1(c2ccccc2F)CC1.I. The van der Waals surface area contributed by atoms with E-state index in [9.17, 15) is 12.8 Å². The molecule has 0 spiro atoms. The van der Waals surface area contributed by atoms with E-state index < -0.39 is 15.6 Å². The van der Waals surface area contributed by atoms with Gasteiger partial charge in [-0.2, -0.15) is 0 Å². The van der Waals surface area contributed by atoms with E-state index in [2.05, 4.69) is 20.3 Å². The summed E-state index contributed by atoms with van der Waals surface area (Å²) in [5, 5.41) is 6.35. The Hall–Kier alpha value is -0.940. The minimum Gasteiger partial charge on any atom is -0.356 e. The van der Waals surface area contributed by atoms with Crippen molar-refractivity contribution in [2.45, 2.75) is 37.6 Å². The third kappa shape index (κ3) is 6.66. The van der Waals surface area contributed by atoms with Gasteiger partial charge in [0.15, 0.2) is 5.96 Å². The minimum atomic E-state index is -3.29. The van der Waals surface area contributed by atoms with E-state index in [0.717, 1.165) is 24.7 Å². The standard InChI is InChI=1S/C17H27FN4O2S.HI/c1-16(2,22-25(4,23)24)11-20-15(19-3)21-12-17(9-10-17)13-7-5-6-8-14(13)18;/h5-8,22H,9-12H2,1-4H3,(H2,19,20,21);1H. The summed E-state index contributed by atoms with van der Waals surface area (Å²) in [5.41, 5.74) is -0.116. The number of hydrogen-bond donors (Lipinski definition) is 3. The molecule has 6 nitrogen and oxygen atoms in total. The second kappa shape index (κ2) is 8.83. The highest BCUT2D eigenvalue weighted by atomic mass is 127. The van der Waals surface area contributed by atoms with Crippen LogP contribution in [0.15, 0.2) is 29.3 Å². The molecule has 1 aliphatic carbocycles. The molecular weight excluding hydrogens is 470 g/mol. The molecule has 0 heterocycles. The first-order valence-electron chi connectivity index (χ1n) is 8.25. The lowest BCUT2D eigenvalue weighted by Crippen LogP contribution is -2.53. The molecule has 1 saturated carbocycles. The van der Waals surface area contributed by atoms with Gasteiger partial charge >= 0.3 is 0 Å². The van der Waals surface area contributed by atoms with E-state index in [4.69, 9.17) is 0 Å². The maximum atomic E-state index is 14.1. The second-order valence-electron chi connectivity index (χ2n) is 7.30. The van der Waals surface area contributed by atoms with E-state index in [0.29, 0.717) is 19.0 Å². The summed E-state index contributed by atoms with van der Waals surface area (Å²) in [4.78, 5) is 4.16. The molecule has 0 radical (unpaired) electrons. The number of halogens is 2. The Morgan fingerprint density at radius 1 is 1.27 bits per heavy atom. The highest BCUT2D eigenvalue weighted by molar-refractivity contribution is 14.0. The molecule has 1 aromatic carbocycles. The first kappa shape index (κ1) is 23.1. The third-order valence-electron chi connectivity index (χ3n) is 4.28. The molecule has 0 aliphatic heterocycles. The zero-order valence-electron chi connectivity index (χ0n) is 15.6. The molecule has 0 saturated heterocycles. The molecule has 0 aromatic heterocycles. The fraction of sp³-hybridized carbons (Fsp3) is 0.588. The number of rotatable bonds is 7. The van der Waals surface area contributed by atoms with Crippen molar-refractivity contribution in [2.24, 2.45) is 4.99 Å². The monoisotopic (exact) mass is 498 g/mol. The van der Waals surface area contributed by atoms with Crippen molar-refractivity contribution in [1.29, 1.82) is 0 Å². The highest BCUT2D eigenvalue weighted by Crippen LogP contribution is 2.48. The Bertz CT molecular complexity index is 749. The average Bonchev–Trinajstić information content (AvgIpc) is 3.26. The van der Waals surface area contributed by atoms with Gasteiger partial charge in [0, 0.05) is 31.1 Å². The van der Waals surface area contributed by atoms with Crippen LogP contribution in [0.5, 0.6) is 0 Å². The van der Waals surface area contributed by atoms with Gasteiger partial charge < -0.3 is 10.6 Å². The Labute approximate surface area is 172 Å². The summed E-state index contributed by atoms with van der Waals surface area (Å²) in [5.74, 6) is 0.384. The van der Waals surface area contributed by atoms with E-state index in [1.807, 2.05) is 12.1 Å². The summed E-state index contributed by atoms with van der Waals surface area (Å²) in [6, 6.07) is 6.87. The molecule has 1 fully saturated rings. The Kier molecular flexibility index (Phi) is 7.85. The smallest absolute Gasteiger partial charge is 0.209 e. The van der Waals surface area contributed by atoms with Crippen molar-refractivity contribution < 1.29 is 12.8 Å². The van der Waals surface area contributed by atoms with E-state index in [-0.39, 0.29) is 35.2 Å². The molecular formula is C17H28FIN4O2S. The highest BCUT2D eigenvalue weighted by Gasteiger charge is 2.45. The summed E-state index contributed by atoms with van der Waals surface area (Å²) in [6.45, 7) is 4.52. The van der Waals surface area contributed by atoms with Crippen LogP contribution in [0, 0.1) is 5.82 Å². The molecule has 2 rings (SSSR count). The van der Waals surface area contributed by atoms with Crippen LogP contribution < -0.4 is 15.4 Å². The Balaban J connectivity index is 0.00000338. The van der Waals surface area contributed by atoms with Gasteiger partial charge in [-0.15, -0.1) is 24.0 Å². The van der Waals surface area contributed by atoms with Gasteiger partial charge in [0.25, 0.3) is 0 Å². The molecule has 1 aromatic rings. The van der Waals surface area contributed by atoms with Crippen molar-refractivity contribution in [3.63, 3.8) is 0 Å². The van der Waals surface area contributed by atoms with E-state index in [1.165, 1.54) is 6.07 Å². The summed E-state index contributed by atoms with van der Waals surface area (Å²) < 4.78 is 39.4. The van der Waals surface area contributed by atoms with Gasteiger partial charge in [-0.3, -0.25) is 4.99 Å². The maximum absolute atomic E-state index is 14.1. The van der Waals surface area contributed by atoms with Gasteiger partial charge in [-0.05, 0) is 38.3 Å². The van der Waals surface area contributed by atoms with Gasteiger partial charge in [-0.1, -0.05) is 18.2 Å². The second-order valence-corrected chi connectivity index (χ2v) is 9.05. The molecule has 0 atom stereocenters. The van der Waals surface area contributed by atoms with E-state index in [1.54, 1.807) is 27.0 Å². The topological polar surface area (TPSA) is 82.6 Å². The normalized spacial score (nSPS) is 16.6. The predicted octanol–water partition coefficient (Wildman–Crippen LogP) is 1.97. The molecule has 0 unspecified atom stereocenters. The van der Waals surface area contributed by atoms with Crippen LogP contribution in [0.3, 0.4) is 0 Å². The molecule has 0 bridgehead atoms. The van der Waals surface area contributed by atoms with Crippen molar-refractivity contribution in [2.75, 3.05) is 26.4 Å². The number of guanidine groups is 1. The van der Waals surface area contributed by atoms with Gasteiger partial charge in [0.2, 0.25) is 10.0 Å². The molecule has 148 valence electrons. The zero-order valence-corrected chi connectivity index (χ0v) is 18.7. The third-order valence-corrected chi connectivity index (χ3v) is 5.20. The average molecular weight is 498 g/mol. The van der Waals surface area contributed by atoms with Crippen LogP contribution in [0.4, 0.5) is 4.39 Å². The van der Waals surface area contributed by atoms with Crippen molar-refractivity contribution >= 4 is 40.0 Å². The van der Waals surface area contributed by atoms with Crippen LogP contribution in [0.2, 0.25) is 0 Å². The van der Waals surface area contributed by atoms with Crippen molar-refractivity contribution in [1.82, 2.24) is 15.4 Å². The lowest BCUT2D eigenvalue weighted by molar-refractivity contribution is 0.446. The van der Waals surface area contributed by atoms with E-state index >= 15 is 0 Å². The lowest BCUT2D eigenvalue weighted by atomic mass is 9.95. The van der Waals surface area contributed by atoms with Crippen LogP contribution >= 0.6 is 24.0 Å².